The van der Waals surface area contributed by atoms with Gasteiger partial charge in [0.25, 0.3) is 9.05 Å². The van der Waals surface area contributed by atoms with Crippen LogP contribution in [-0.2, 0) is 15.6 Å². The van der Waals surface area contributed by atoms with Crippen molar-refractivity contribution in [3.8, 4) is 0 Å². The zero-order valence-corrected chi connectivity index (χ0v) is 13.5. The average molecular weight is 317 g/mol. The third-order valence-corrected chi connectivity index (χ3v) is 6.04. The minimum Gasteiger partial charge on any atom is -0.333 e. The molecule has 2 bridgehead atoms. The second kappa shape index (κ2) is 5.02. The van der Waals surface area contributed by atoms with Crippen LogP contribution in [0.3, 0.4) is 0 Å². The zero-order valence-electron chi connectivity index (χ0n) is 11.9. The van der Waals surface area contributed by atoms with Crippen molar-refractivity contribution in [2.75, 3.05) is 0 Å². The Labute approximate surface area is 125 Å². The van der Waals surface area contributed by atoms with Gasteiger partial charge in [0, 0.05) is 29.3 Å². The molecule has 1 aromatic rings. The summed E-state index contributed by atoms with van der Waals surface area (Å²) in [6, 6.07) is 0. The third kappa shape index (κ3) is 2.62. The average Bonchev–Trinajstić information content (AvgIpc) is 3.00. The number of rotatable bonds is 4. The van der Waals surface area contributed by atoms with Crippen LogP contribution in [0.25, 0.3) is 0 Å². The minimum absolute atomic E-state index is 0.00831. The lowest BCUT2D eigenvalue weighted by Gasteiger charge is -2.23. The largest absolute Gasteiger partial charge is 0.333 e. The molecule has 0 amide bonds. The number of fused-ring (bicyclic) bond motifs is 2. The summed E-state index contributed by atoms with van der Waals surface area (Å²) in [5.41, 5.74) is 0. The molecule has 0 spiro atoms. The van der Waals surface area contributed by atoms with E-state index >= 15 is 0 Å². The van der Waals surface area contributed by atoms with E-state index in [0.29, 0.717) is 5.92 Å². The minimum atomic E-state index is -3.74. The summed E-state index contributed by atoms with van der Waals surface area (Å²) >= 11 is 0. The topological polar surface area (TPSA) is 52.0 Å². The molecule has 0 aromatic carbocycles. The van der Waals surface area contributed by atoms with Gasteiger partial charge < -0.3 is 4.57 Å². The van der Waals surface area contributed by atoms with Crippen molar-refractivity contribution >= 4 is 19.7 Å². The molecule has 1 aromatic heterocycles. The quantitative estimate of drug-likeness (QED) is 0.800. The summed E-state index contributed by atoms with van der Waals surface area (Å²) in [5, 5.41) is -0.00831. The van der Waals surface area contributed by atoms with E-state index in [1.165, 1.54) is 25.7 Å². The summed E-state index contributed by atoms with van der Waals surface area (Å²) in [4.78, 5) is 4.23. The Hall–Kier alpha value is -0.550. The van der Waals surface area contributed by atoms with Crippen molar-refractivity contribution in [3.63, 3.8) is 0 Å². The first-order chi connectivity index (χ1) is 9.34. The predicted octanol–water partition coefficient (Wildman–Crippen LogP) is 3.37. The molecule has 0 saturated heterocycles. The van der Waals surface area contributed by atoms with Crippen LogP contribution in [0.15, 0.2) is 11.2 Å². The number of imidazole rings is 1. The van der Waals surface area contributed by atoms with Gasteiger partial charge in [0.2, 0.25) is 0 Å². The Balaban J connectivity index is 1.86. The van der Waals surface area contributed by atoms with Gasteiger partial charge in [-0.1, -0.05) is 20.3 Å². The van der Waals surface area contributed by atoms with Crippen LogP contribution in [0, 0.1) is 17.8 Å². The molecule has 3 atom stereocenters. The Morgan fingerprint density at radius 3 is 2.65 bits per heavy atom. The Bertz CT molecular complexity index is 609. The van der Waals surface area contributed by atoms with E-state index in [2.05, 4.69) is 4.98 Å². The molecule has 0 N–H and O–H groups in total. The fourth-order valence-electron chi connectivity index (χ4n) is 3.98. The molecule has 2 saturated carbocycles. The van der Waals surface area contributed by atoms with Crippen LogP contribution in [0.1, 0.15) is 51.3 Å². The van der Waals surface area contributed by atoms with Crippen LogP contribution in [0.2, 0.25) is 0 Å². The van der Waals surface area contributed by atoms with Crippen molar-refractivity contribution < 1.29 is 8.42 Å². The molecular formula is C14H21ClN2O2S. The Kier molecular flexibility index (Phi) is 3.61. The van der Waals surface area contributed by atoms with Crippen molar-refractivity contribution in [2.45, 2.75) is 57.0 Å². The molecule has 6 heteroatoms. The van der Waals surface area contributed by atoms with E-state index in [-0.39, 0.29) is 10.9 Å². The lowest BCUT2D eigenvalue weighted by Crippen LogP contribution is -2.18. The first-order valence-electron chi connectivity index (χ1n) is 7.36. The first kappa shape index (κ1) is 14.4. The van der Waals surface area contributed by atoms with Crippen LogP contribution < -0.4 is 0 Å². The SMILES string of the molecule is CC(C)c1nc(S(=O)(=O)Cl)cn1CC1CC2CCC1C2. The third-order valence-electron chi connectivity index (χ3n) is 4.87. The number of aromatic nitrogens is 2. The van der Waals surface area contributed by atoms with E-state index < -0.39 is 9.05 Å². The van der Waals surface area contributed by atoms with E-state index in [1.807, 2.05) is 18.4 Å². The monoisotopic (exact) mass is 316 g/mol. The van der Waals surface area contributed by atoms with Gasteiger partial charge in [0.15, 0.2) is 5.03 Å². The standard InChI is InChI=1S/C14H21ClN2O2S/c1-9(2)14-16-13(20(15,18)19)8-17(14)7-12-6-10-3-4-11(12)5-10/h8-12H,3-7H2,1-2H3. The summed E-state index contributed by atoms with van der Waals surface area (Å²) in [6.07, 6.45) is 6.97. The van der Waals surface area contributed by atoms with E-state index in [9.17, 15) is 8.42 Å². The molecule has 3 rings (SSSR count). The van der Waals surface area contributed by atoms with Crippen LogP contribution >= 0.6 is 10.7 Å². The highest BCUT2D eigenvalue weighted by Crippen LogP contribution is 2.49. The summed E-state index contributed by atoms with van der Waals surface area (Å²) in [6.45, 7) is 4.95. The van der Waals surface area contributed by atoms with Gasteiger partial charge in [-0.2, -0.15) is 0 Å². The molecule has 112 valence electrons. The van der Waals surface area contributed by atoms with Gasteiger partial charge in [-0.3, -0.25) is 0 Å². The Morgan fingerprint density at radius 2 is 2.15 bits per heavy atom. The molecule has 20 heavy (non-hydrogen) atoms. The molecule has 1 heterocycles. The van der Waals surface area contributed by atoms with E-state index in [4.69, 9.17) is 10.7 Å². The number of hydrogen-bond acceptors (Lipinski definition) is 3. The van der Waals surface area contributed by atoms with Gasteiger partial charge in [0.05, 0.1) is 0 Å². The fourth-order valence-corrected chi connectivity index (χ4v) is 4.66. The van der Waals surface area contributed by atoms with Crippen molar-refractivity contribution in [1.29, 1.82) is 0 Å². The number of halogens is 1. The Morgan fingerprint density at radius 1 is 1.40 bits per heavy atom. The van der Waals surface area contributed by atoms with Gasteiger partial charge in [-0.25, -0.2) is 13.4 Å². The summed E-state index contributed by atoms with van der Waals surface area (Å²) in [5.74, 6) is 3.41. The van der Waals surface area contributed by atoms with E-state index in [1.54, 1.807) is 6.20 Å². The molecule has 4 nitrogen and oxygen atoms in total. The van der Waals surface area contributed by atoms with Crippen molar-refractivity contribution in [3.05, 3.63) is 12.0 Å². The zero-order chi connectivity index (χ0) is 14.5. The highest BCUT2D eigenvalue weighted by Gasteiger charge is 2.39. The van der Waals surface area contributed by atoms with Gasteiger partial charge in [-0.05, 0) is 37.0 Å². The molecule has 3 unspecified atom stereocenters. The fraction of sp³-hybridized carbons (Fsp3) is 0.786. The van der Waals surface area contributed by atoms with Crippen LogP contribution in [0.4, 0.5) is 0 Å². The highest BCUT2D eigenvalue weighted by molar-refractivity contribution is 8.13. The maximum Gasteiger partial charge on any atom is 0.280 e. The molecular weight excluding hydrogens is 296 g/mol. The normalized spacial score (nSPS) is 29.5. The molecule has 2 aliphatic carbocycles. The predicted molar refractivity (Wildman–Crippen MR) is 78.3 cm³/mol. The smallest absolute Gasteiger partial charge is 0.280 e. The summed E-state index contributed by atoms with van der Waals surface area (Å²) in [7, 11) is 1.68. The second-order valence-electron chi connectivity index (χ2n) is 6.62. The van der Waals surface area contributed by atoms with Crippen molar-refractivity contribution in [1.82, 2.24) is 9.55 Å². The van der Waals surface area contributed by atoms with Gasteiger partial charge >= 0.3 is 0 Å². The molecule has 2 fully saturated rings. The van der Waals surface area contributed by atoms with Crippen LogP contribution in [-0.4, -0.2) is 18.0 Å². The lowest BCUT2D eigenvalue weighted by atomic mass is 9.89. The van der Waals surface area contributed by atoms with Crippen LogP contribution in [0.5, 0.6) is 0 Å². The molecule has 0 radical (unpaired) electrons. The molecule has 2 aliphatic rings. The number of nitrogens with zero attached hydrogens (tertiary/aromatic N) is 2. The lowest BCUT2D eigenvalue weighted by molar-refractivity contribution is 0.291. The molecule has 0 aliphatic heterocycles. The highest BCUT2D eigenvalue weighted by atomic mass is 35.7. The second-order valence-corrected chi connectivity index (χ2v) is 9.13. The van der Waals surface area contributed by atoms with E-state index in [0.717, 1.165) is 24.2 Å². The first-order valence-corrected chi connectivity index (χ1v) is 9.67. The summed E-state index contributed by atoms with van der Waals surface area (Å²) < 4.78 is 25.0. The van der Waals surface area contributed by atoms with Gasteiger partial charge in [0.1, 0.15) is 5.82 Å². The number of hydrogen-bond donors (Lipinski definition) is 0. The maximum absolute atomic E-state index is 11.5. The van der Waals surface area contributed by atoms with Gasteiger partial charge in [-0.15, -0.1) is 0 Å². The maximum atomic E-state index is 11.5. The van der Waals surface area contributed by atoms with Crippen molar-refractivity contribution in [2.24, 2.45) is 17.8 Å².